The second-order valence-corrected chi connectivity index (χ2v) is 39.4. The fourth-order valence-electron chi connectivity index (χ4n) is 20.0. The number of fused-ring (bicyclic) bond motifs is 32. The van der Waals surface area contributed by atoms with Gasteiger partial charge in [0.2, 0.25) is 0 Å². The summed E-state index contributed by atoms with van der Waals surface area (Å²) in [6.07, 6.45) is 19.1. The standard InChI is InChI=1S/C32H31N2.C27H27N2.C27H25N2.C17H14N3.C16H11N2.10CH3.5Ir/c1-18(2)23-15-26(21-9-10-21)31(27(16-23)22-11-12-22)30-17-33-32-25-8-6-5-7-24(25)28-13-19(3)20(4)14-29(28)34(30)32;1-16(2)18-10-12-22-24(14-18)29-23-13-11-19(27(4,5)6)15-21(23)25-17(3)8-7-9-20(25)26(29)28-22;1-17-9-8-10-18(2)24(17)23-16-19(27(3,4)5)15-22-20-11-6-7-12-21(20)26-28-13-14-29(26)25(22)23;1-19(2)12-7-8-14-13-5-3-4-6-15(13)17-18-9-10-20(17)16(14)11-12;1-11-6-7-15-14(10-11)12-4-2-3-5-13(12)16-17-8-9-18(15)16;;;;;;;;;;;;;;;/h5-7,13-18,21-22H,9-12H2,1-4H3;7-8,10-16H,1-6H3;6-11,13-16H,1-5H3;3-5,7-11H,1-2H3;2-4,6-10H,1H3;10*1H3;;;;;/q15*-1;5*+3. The molecule has 145 heavy (non-hydrogen) atoms. The van der Waals surface area contributed by atoms with Gasteiger partial charge in [0.05, 0.1) is 45.0 Å². The Balaban J connectivity index is 0.000000274. The number of aromatic nitrogens is 10. The van der Waals surface area contributed by atoms with E-state index in [9.17, 15) is 0 Å². The molecule has 2 aliphatic rings. The SMILES string of the molecule is CN(C)c1ccc2c3ccc[c-]c3c3nccn3c2c1.Cc1cc2c3ccc[c-]c3c3ncc(-c4c(C5CC5)cc(C(C)C)cc4C4CC4)n3c2cc1C.Cc1cc[c-]c2c1c1cc(C(C)(C)C)ccc1n1c3cc(C(C)C)ccc3nc21.Cc1ccc2c(c1)c1ccc[c-]c1c1nccn21.Cc1cccc(C)c1-c1cc(C(C)(C)C)cc2c3ccc[c-]c3c3nccn3c12.[CH3-].[CH3-].[CH3-].[CH3-].[CH3-].[CH3-].[CH3-].[CH3-].[CH3-].[CH3-].[Ir+3].[Ir+3].[Ir+3].[Ir+3].[Ir+3]. The van der Waals surface area contributed by atoms with Crippen LogP contribution in [-0.4, -0.2) is 61.0 Å². The third kappa shape index (κ3) is 22.1. The number of aryl methyl sites for hydroxylation is 6. The van der Waals surface area contributed by atoms with E-state index in [0.717, 1.165) is 60.7 Å². The predicted molar refractivity (Wildman–Crippen MR) is 610 cm³/mol. The molecule has 2 fully saturated rings. The van der Waals surface area contributed by atoms with E-state index in [1.54, 1.807) is 11.1 Å². The number of hydrogen-bond acceptors (Lipinski definition) is 6. The van der Waals surface area contributed by atoms with Crippen molar-refractivity contribution >= 4 is 153 Å². The summed E-state index contributed by atoms with van der Waals surface area (Å²) in [5.74, 6) is 2.42. The first-order valence-corrected chi connectivity index (χ1v) is 46.1. The van der Waals surface area contributed by atoms with Crippen molar-refractivity contribution in [2.24, 2.45) is 0 Å². The molecule has 11 nitrogen and oxygen atoms in total. The Bertz CT molecular complexity index is 8500. The molecule has 0 saturated heterocycles. The zero-order valence-corrected chi connectivity index (χ0v) is 101. The van der Waals surface area contributed by atoms with E-state index in [1.165, 1.54) is 196 Å². The zero-order chi connectivity index (χ0) is 89.8. The molecule has 0 atom stereocenters. The van der Waals surface area contributed by atoms with E-state index >= 15 is 0 Å². The van der Waals surface area contributed by atoms with Gasteiger partial charge in [0.25, 0.3) is 0 Å². The summed E-state index contributed by atoms with van der Waals surface area (Å²) in [5, 5.41) is 17.9. The number of nitrogens with zero attached hydrogens (tertiary/aromatic N) is 11. The summed E-state index contributed by atoms with van der Waals surface area (Å²) >= 11 is 0. The molecule has 10 aromatic heterocycles. The van der Waals surface area contributed by atoms with Crippen molar-refractivity contribution in [2.45, 2.75) is 171 Å². The van der Waals surface area contributed by atoms with E-state index in [2.05, 4.69) is 379 Å². The number of hydrogen-bond donors (Lipinski definition) is 0. The molecule has 754 valence electrons. The Morgan fingerprint density at radius 1 is 0.345 bits per heavy atom. The molecule has 0 N–H and O–H groups in total. The van der Waals surface area contributed by atoms with Gasteiger partial charge < -0.3 is 101 Å². The van der Waals surface area contributed by atoms with E-state index in [0.29, 0.717) is 23.7 Å². The van der Waals surface area contributed by atoms with Gasteiger partial charge in [-0.2, -0.15) is 0 Å². The molecule has 16 heteroatoms. The minimum Gasteiger partial charge on any atom is -0.378 e. The van der Waals surface area contributed by atoms with Crippen LogP contribution in [0.3, 0.4) is 0 Å². The van der Waals surface area contributed by atoms with Crippen molar-refractivity contribution in [1.29, 1.82) is 0 Å². The van der Waals surface area contributed by atoms with Crippen LogP contribution in [0.1, 0.15) is 185 Å². The van der Waals surface area contributed by atoms with E-state index in [4.69, 9.17) is 9.97 Å². The van der Waals surface area contributed by atoms with Gasteiger partial charge in [-0.15, -0.1) is 142 Å². The van der Waals surface area contributed by atoms with Gasteiger partial charge in [0, 0.05) is 102 Å². The van der Waals surface area contributed by atoms with Crippen LogP contribution >= 0.6 is 0 Å². The van der Waals surface area contributed by atoms with Gasteiger partial charge in [-0.1, -0.05) is 193 Å². The maximum atomic E-state index is 5.06. The van der Waals surface area contributed by atoms with Gasteiger partial charge in [0.15, 0.2) is 0 Å². The third-order valence-corrected chi connectivity index (χ3v) is 27.5. The van der Waals surface area contributed by atoms with E-state index in [1.807, 2.05) is 73.4 Å². The summed E-state index contributed by atoms with van der Waals surface area (Å²) in [7, 11) is 4.11. The Kier molecular flexibility index (Phi) is 41.1. The van der Waals surface area contributed by atoms with Gasteiger partial charge in [-0.3, -0.25) is 24.9 Å². The van der Waals surface area contributed by atoms with Gasteiger partial charge >= 0.3 is 101 Å². The average Bonchev–Trinajstić information content (AvgIpc) is 1.60. The molecule has 2 saturated carbocycles. The Morgan fingerprint density at radius 3 is 1.36 bits per heavy atom. The molecule has 0 spiro atoms. The second-order valence-electron chi connectivity index (χ2n) is 39.4. The maximum absolute atomic E-state index is 5.06. The largest absolute Gasteiger partial charge is 3.00 e. The summed E-state index contributed by atoms with van der Waals surface area (Å²) in [5.41, 5.74) is 36.3. The van der Waals surface area contributed by atoms with Crippen molar-refractivity contribution in [3.8, 4) is 22.4 Å². The van der Waals surface area contributed by atoms with E-state index < -0.39 is 0 Å². The summed E-state index contributed by atoms with van der Waals surface area (Å²) < 4.78 is 11.3. The van der Waals surface area contributed by atoms with Crippen LogP contribution in [0.5, 0.6) is 0 Å². The van der Waals surface area contributed by atoms with Crippen LogP contribution in [0, 0.1) is 146 Å². The van der Waals surface area contributed by atoms with E-state index in [-0.39, 0.29) is 186 Å². The molecule has 23 aromatic rings. The summed E-state index contributed by atoms with van der Waals surface area (Å²) in [6, 6.07) is 93.8. The van der Waals surface area contributed by atoms with Crippen molar-refractivity contribution in [2.75, 3.05) is 19.0 Å². The normalized spacial score (nSPS) is 11.9. The molecule has 0 unspecified atom stereocenters. The quantitative estimate of drug-likeness (QED) is 0.117. The van der Waals surface area contributed by atoms with Crippen LogP contribution in [-0.2, 0) is 111 Å². The Hall–Kier alpha value is -10.8. The summed E-state index contributed by atoms with van der Waals surface area (Å²) in [6.45, 7) is 36.0. The molecule has 2 aliphatic carbocycles. The molecular weight excluding hydrogens is 2660 g/mol. The molecule has 0 amide bonds. The fourth-order valence-corrected chi connectivity index (χ4v) is 20.0. The topological polar surface area (TPSA) is 89.7 Å². The minimum absolute atomic E-state index is 0. The molecule has 10 heterocycles. The first-order valence-electron chi connectivity index (χ1n) is 46.1. The fraction of sp³-hybridized carbons (Fsp3) is 0.217. The van der Waals surface area contributed by atoms with Gasteiger partial charge in [0.1, 0.15) is 0 Å². The molecule has 0 radical (unpaired) electrons. The number of anilines is 1. The van der Waals surface area contributed by atoms with Crippen LogP contribution < -0.4 is 4.90 Å². The van der Waals surface area contributed by atoms with Gasteiger partial charge in [-0.05, 0) is 231 Å². The summed E-state index contributed by atoms with van der Waals surface area (Å²) in [4.78, 5) is 25.8. The number of imidazole rings is 5. The number of rotatable bonds is 7. The molecule has 13 aromatic carbocycles. The monoisotopic (exact) mass is 2810 g/mol. The Morgan fingerprint density at radius 2 is 0.828 bits per heavy atom. The molecule has 25 rings (SSSR count). The third-order valence-electron chi connectivity index (χ3n) is 27.5. The smallest absolute Gasteiger partial charge is 0.378 e. The second kappa shape index (κ2) is 48.5. The van der Waals surface area contributed by atoms with Crippen molar-refractivity contribution < 1.29 is 101 Å². The average molecular weight is 2800 g/mol. The first-order chi connectivity index (χ1) is 62.7. The zero-order valence-electron chi connectivity index (χ0n) is 89.5. The van der Waals surface area contributed by atoms with Crippen LogP contribution in [0.2, 0.25) is 0 Å². The predicted octanol–water partition coefficient (Wildman–Crippen LogP) is 34.7. The first kappa shape index (κ1) is 123. The molecular formula is C129H138Ir5N11. The van der Waals surface area contributed by atoms with Crippen molar-refractivity contribution in [3.63, 3.8) is 0 Å². The minimum atomic E-state index is 0. The van der Waals surface area contributed by atoms with Crippen LogP contribution in [0.25, 0.3) is 170 Å². The Labute approximate surface area is 931 Å². The van der Waals surface area contributed by atoms with Gasteiger partial charge in [-0.25, -0.2) is 0 Å². The molecule has 0 bridgehead atoms. The van der Waals surface area contributed by atoms with Crippen LogP contribution in [0.4, 0.5) is 5.69 Å². The number of benzene rings is 13. The van der Waals surface area contributed by atoms with Crippen LogP contribution in [0.15, 0.2) is 256 Å². The molecule has 0 aliphatic heterocycles. The number of pyridine rings is 5. The van der Waals surface area contributed by atoms with Crippen molar-refractivity contribution in [3.05, 3.63) is 427 Å². The maximum Gasteiger partial charge on any atom is 3.00 e. The van der Waals surface area contributed by atoms with Crippen molar-refractivity contribution in [1.82, 2.24) is 46.9 Å².